The first-order valence-electron chi connectivity index (χ1n) is 12.9. The van der Waals surface area contributed by atoms with E-state index in [2.05, 4.69) is 16.0 Å². The Hall–Kier alpha value is -2.83. The van der Waals surface area contributed by atoms with Crippen LogP contribution in [-0.2, 0) is 25.6 Å². The number of carboxylic acids is 1. The molecule has 214 valence electrons. The zero-order chi connectivity index (χ0) is 28.7. The second kappa shape index (κ2) is 17.6. The Balaban J connectivity index is 3.10. The Morgan fingerprint density at radius 1 is 0.947 bits per heavy atom. The van der Waals surface area contributed by atoms with E-state index in [1.165, 1.54) is 23.9 Å². The summed E-state index contributed by atoms with van der Waals surface area (Å²) in [4.78, 5) is 51.0. The van der Waals surface area contributed by atoms with Gasteiger partial charge in [0.1, 0.15) is 23.9 Å². The van der Waals surface area contributed by atoms with Crippen LogP contribution in [0.4, 0.5) is 0 Å². The SMILES string of the molecule is CCC(C)C(NC(=O)C(CCSC)NC(=O)C(Cc1ccc(O)cc1)NC(=O)C(N)CCCCN)C(=O)O. The quantitative estimate of drug-likeness (QED) is 0.128. The maximum atomic E-state index is 13.4. The summed E-state index contributed by atoms with van der Waals surface area (Å²) in [5.74, 6) is -2.57. The van der Waals surface area contributed by atoms with E-state index in [9.17, 15) is 29.4 Å². The predicted octanol–water partition coefficient (Wildman–Crippen LogP) is 0.729. The summed E-state index contributed by atoms with van der Waals surface area (Å²) in [5.41, 5.74) is 12.2. The summed E-state index contributed by atoms with van der Waals surface area (Å²) >= 11 is 1.48. The lowest BCUT2D eigenvalue weighted by molar-refractivity contribution is -0.143. The molecule has 0 aliphatic heterocycles. The molecule has 0 aliphatic carbocycles. The lowest BCUT2D eigenvalue weighted by atomic mass is 9.98. The van der Waals surface area contributed by atoms with Crippen LogP contribution in [-0.4, -0.2) is 76.6 Å². The van der Waals surface area contributed by atoms with Crippen molar-refractivity contribution in [2.45, 2.75) is 76.5 Å². The van der Waals surface area contributed by atoms with Crippen molar-refractivity contribution in [2.75, 3.05) is 18.6 Å². The molecule has 0 heterocycles. The van der Waals surface area contributed by atoms with Crippen molar-refractivity contribution in [2.24, 2.45) is 17.4 Å². The molecule has 12 heteroatoms. The largest absolute Gasteiger partial charge is 0.508 e. The summed E-state index contributed by atoms with van der Waals surface area (Å²) in [6.45, 7) is 4.05. The first-order valence-corrected chi connectivity index (χ1v) is 14.3. The van der Waals surface area contributed by atoms with Gasteiger partial charge in [-0.1, -0.05) is 38.8 Å². The summed E-state index contributed by atoms with van der Waals surface area (Å²) in [6.07, 6.45) is 4.55. The molecule has 0 saturated carbocycles. The fourth-order valence-electron chi connectivity index (χ4n) is 3.71. The molecule has 11 nitrogen and oxygen atoms in total. The third-order valence-corrected chi connectivity index (χ3v) is 6.98. The van der Waals surface area contributed by atoms with Gasteiger partial charge in [-0.2, -0.15) is 11.8 Å². The summed E-state index contributed by atoms with van der Waals surface area (Å²) in [7, 11) is 0. The maximum absolute atomic E-state index is 13.4. The van der Waals surface area contributed by atoms with Crippen molar-refractivity contribution < 1.29 is 29.4 Å². The van der Waals surface area contributed by atoms with Gasteiger partial charge in [0.15, 0.2) is 0 Å². The number of aromatic hydroxyl groups is 1. The van der Waals surface area contributed by atoms with Crippen LogP contribution in [0.15, 0.2) is 24.3 Å². The average molecular weight is 554 g/mol. The van der Waals surface area contributed by atoms with Crippen molar-refractivity contribution in [3.8, 4) is 5.75 Å². The number of phenolic OH excluding ortho intramolecular Hbond substituents is 1. The molecule has 0 aromatic heterocycles. The van der Waals surface area contributed by atoms with Gasteiger partial charge < -0.3 is 37.6 Å². The Morgan fingerprint density at radius 2 is 1.55 bits per heavy atom. The molecule has 1 aromatic carbocycles. The fraction of sp³-hybridized carbons (Fsp3) is 0.615. The summed E-state index contributed by atoms with van der Waals surface area (Å²) < 4.78 is 0. The van der Waals surface area contributed by atoms with E-state index in [0.717, 1.165) is 6.42 Å². The highest BCUT2D eigenvalue weighted by Crippen LogP contribution is 2.13. The average Bonchev–Trinajstić information content (AvgIpc) is 2.89. The van der Waals surface area contributed by atoms with Crippen molar-refractivity contribution in [1.29, 1.82) is 0 Å². The van der Waals surface area contributed by atoms with Gasteiger partial charge in [0.2, 0.25) is 17.7 Å². The highest BCUT2D eigenvalue weighted by molar-refractivity contribution is 7.98. The number of carbonyl (C=O) groups excluding carboxylic acids is 3. The molecule has 5 unspecified atom stereocenters. The van der Waals surface area contributed by atoms with E-state index in [0.29, 0.717) is 37.1 Å². The van der Waals surface area contributed by atoms with Gasteiger partial charge in [-0.15, -0.1) is 0 Å². The molecule has 0 bridgehead atoms. The summed E-state index contributed by atoms with van der Waals surface area (Å²) in [6, 6.07) is 2.22. The van der Waals surface area contributed by atoms with E-state index >= 15 is 0 Å². The van der Waals surface area contributed by atoms with Gasteiger partial charge in [-0.3, -0.25) is 14.4 Å². The second-order valence-electron chi connectivity index (χ2n) is 9.38. The second-order valence-corrected chi connectivity index (χ2v) is 10.4. The van der Waals surface area contributed by atoms with Gasteiger partial charge in [-0.25, -0.2) is 4.79 Å². The number of thioether (sulfide) groups is 1. The van der Waals surface area contributed by atoms with Crippen LogP contribution in [0, 0.1) is 5.92 Å². The number of phenols is 1. The molecule has 9 N–H and O–H groups in total. The molecule has 1 rings (SSSR count). The topological polar surface area (TPSA) is 197 Å². The molecule has 3 amide bonds. The Labute approximate surface area is 228 Å². The number of hydrogen-bond donors (Lipinski definition) is 7. The minimum Gasteiger partial charge on any atom is -0.508 e. The number of aliphatic carboxylic acids is 1. The van der Waals surface area contributed by atoms with Gasteiger partial charge in [-0.05, 0) is 61.4 Å². The molecule has 38 heavy (non-hydrogen) atoms. The van der Waals surface area contributed by atoms with Gasteiger partial charge >= 0.3 is 5.97 Å². The van der Waals surface area contributed by atoms with Crippen LogP contribution in [0.1, 0.15) is 51.5 Å². The number of amides is 3. The lowest BCUT2D eigenvalue weighted by Gasteiger charge is -2.26. The first kappa shape index (κ1) is 33.2. The van der Waals surface area contributed by atoms with Crippen molar-refractivity contribution in [3.63, 3.8) is 0 Å². The van der Waals surface area contributed by atoms with Gasteiger partial charge in [0, 0.05) is 6.42 Å². The van der Waals surface area contributed by atoms with Crippen LogP contribution < -0.4 is 27.4 Å². The lowest BCUT2D eigenvalue weighted by Crippen LogP contribution is -2.58. The monoisotopic (exact) mass is 553 g/mol. The van der Waals surface area contributed by atoms with Crippen LogP contribution in [0.25, 0.3) is 0 Å². The van der Waals surface area contributed by atoms with Gasteiger partial charge in [0.25, 0.3) is 0 Å². The Bertz CT molecular complexity index is 901. The van der Waals surface area contributed by atoms with Crippen LogP contribution in [0.3, 0.4) is 0 Å². The Morgan fingerprint density at radius 3 is 2.11 bits per heavy atom. The van der Waals surface area contributed by atoms with E-state index in [4.69, 9.17) is 11.5 Å². The first-order chi connectivity index (χ1) is 18.0. The van der Waals surface area contributed by atoms with E-state index in [1.807, 2.05) is 13.2 Å². The number of hydrogen-bond acceptors (Lipinski definition) is 8. The van der Waals surface area contributed by atoms with E-state index < -0.39 is 47.9 Å². The van der Waals surface area contributed by atoms with E-state index in [1.54, 1.807) is 19.1 Å². The molecule has 0 spiro atoms. The molecule has 0 saturated heterocycles. The molecule has 0 radical (unpaired) electrons. The number of unbranched alkanes of at least 4 members (excludes halogenated alkanes) is 1. The number of carboxylic acid groups (broad SMARTS) is 1. The molecule has 0 fully saturated rings. The van der Waals surface area contributed by atoms with Crippen LogP contribution >= 0.6 is 11.8 Å². The van der Waals surface area contributed by atoms with Gasteiger partial charge in [0.05, 0.1) is 6.04 Å². The van der Waals surface area contributed by atoms with E-state index in [-0.39, 0.29) is 24.5 Å². The number of nitrogens with one attached hydrogen (secondary N) is 3. The molecule has 1 aromatic rings. The minimum atomic E-state index is -1.15. The summed E-state index contributed by atoms with van der Waals surface area (Å²) in [5, 5.41) is 27.1. The standard InChI is InChI=1S/C26H43N5O6S/c1-4-16(2)22(26(36)37)31-24(34)20(12-14-38-3)29-25(35)21(15-17-8-10-18(32)11-9-17)30-23(33)19(28)7-5-6-13-27/h8-11,16,19-22,32H,4-7,12-15,27-28H2,1-3H3,(H,29,35)(H,30,33)(H,31,34)(H,36,37). The van der Waals surface area contributed by atoms with Crippen LogP contribution in [0.2, 0.25) is 0 Å². The molecular formula is C26H43N5O6S. The molecule has 0 aliphatic rings. The number of rotatable bonds is 18. The third kappa shape index (κ3) is 11.7. The van der Waals surface area contributed by atoms with Crippen molar-refractivity contribution in [3.05, 3.63) is 29.8 Å². The zero-order valence-electron chi connectivity index (χ0n) is 22.4. The molecular weight excluding hydrogens is 510 g/mol. The minimum absolute atomic E-state index is 0.0591. The smallest absolute Gasteiger partial charge is 0.326 e. The highest BCUT2D eigenvalue weighted by atomic mass is 32.2. The highest BCUT2D eigenvalue weighted by Gasteiger charge is 2.31. The normalized spacial score (nSPS) is 15.0. The zero-order valence-corrected chi connectivity index (χ0v) is 23.3. The number of nitrogens with two attached hydrogens (primary N) is 2. The van der Waals surface area contributed by atoms with Crippen molar-refractivity contribution in [1.82, 2.24) is 16.0 Å². The van der Waals surface area contributed by atoms with Crippen LogP contribution in [0.5, 0.6) is 5.75 Å². The predicted molar refractivity (Wildman–Crippen MR) is 149 cm³/mol. The fourth-order valence-corrected chi connectivity index (χ4v) is 4.18. The third-order valence-electron chi connectivity index (χ3n) is 6.34. The van der Waals surface area contributed by atoms with Crippen molar-refractivity contribution >= 4 is 35.5 Å². The number of benzene rings is 1. The number of carbonyl (C=O) groups is 4. The molecule has 5 atom stereocenters. The Kier molecular flexibility index (Phi) is 15.4. The maximum Gasteiger partial charge on any atom is 0.326 e.